The molecule has 0 aliphatic rings. The first-order chi connectivity index (χ1) is 10.7. The third-order valence-electron chi connectivity index (χ3n) is 3.13. The van der Waals surface area contributed by atoms with Crippen LogP contribution in [-0.2, 0) is 0 Å². The van der Waals surface area contributed by atoms with E-state index >= 15 is 0 Å². The maximum atomic E-state index is 5.77. The van der Waals surface area contributed by atoms with Crippen LogP contribution in [-0.4, -0.2) is 24.4 Å². The fraction of sp³-hybridized carbons (Fsp3) is 0.125. The molecular weight excluding hydrogens is 348 g/mol. The number of methoxy groups -OCH3 is 2. The van der Waals surface area contributed by atoms with Crippen LogP contribution >= 0.6 is 15.9 Å². The highest BCUT2D eigenvalue weighted by Crippen LogP contribution is 2.37. The molecule has 0 spiro atoms. The Bertz CT molecular complexity index is 802. The Morgan fingerprint density at radius 3 is 2.45 bits per heavy atom. The van der Waals surface area contributed by atoms with Crippen LogP contribution in [0.4, 0.5) is 0 Å². The molecule has 5 nitrogen and oxygen atoms in total. The van der Waals surface area contributed by atoms with Gasteiger partial charge in [-0.2, -0.15) is 0 Å². The minimum absolute atomic E-state index is 0.380. The van der Waals surface area contributed by atoms with Crippen molar-refractivity contribution in [3.8, 4) is 34.4 Å². The lowest BCUT2D eigenvalue weighted by Crippen LogP contribution is -1.93. The summed E-state index contributed by atoms with van der Waals surface area (Å²) in [6, 6.07) is 13.2. The highest BCUT2D eigenvalue weighted by Gasteiger charge is 2.17. The van der Waals surface area contributed by atoms with E-state index in [1.165, 1.54) is 0 Å². The molecule has 0 N–H and O–H groups in total. The topological polar surface area (TPSA) is 57.4 Å². The lowest BCUT2D eigenvalue weighted by Gasteiger charge is -2.09. The van der Waals surface area contributed by atoms with Crippen molar-refractivity contribution in [2.24, 2.45) is 0 Å². The summed E-state index contributed by atoms with van der Waals surface area (Å²) in [5.74, 6) is 2.00. The summed E-state index contributed by atoms with van der Waals surface area (Å²) in [4.78, 5) is 0. The first-order valence-corrected chi connectivity index (χ1v) is 7.33. The normalized spacial score (nSPS) is 10.5. The van der Waals surface area contributed by atoms with Crippen LogP contribution in [0.5, 0.6) is 11.5 Å². The zero-order valence-electron chi connectivity index (χ0n) is 12.0. The van der Waals surface area contributed by atoms with E-state index in [4.69, 9.17) is 13.9 Å². The van der Waals surface area contributed by atoms with Crippen molar-refractivity contribution in [3.05, 3.63) is 46.9 Å². The molecule has 112 valence electrons. The van der Waals surface area contributed by atoms with Crippen molar-refractivity contribution < 1.29 is 13.9 Å². The van der Waals surface area contributed by atoms with Crippen molar-refractivity contribution >= 4 is 15.9 Å². The monoisotopic (exact) mass is 360 g/mol. The van der Waals surface area contributed by atoms with Gasteiger partial charge in [-0.15, -0.1) is 10.2 Å². The van der Waals surface area contributed by atoms with Gasteiger partial charge in [0.25, 0.3) is 5.89 Å². The number of aromatic nitrogens is 2. The predicted octanol–water partition coefficient (Wildman–Crippen LogP) is 4.18. The molecule has 3 rings (SSSR count). The fourth-order valence-electron chi connectivity index (χ4n) is 2.13. The first kappa shape index (κ1) is 14.6. The number of hydrogen-bond donors (Lipinski definition) is 0. The quantitative estimate of drug-likeness (QED) is 0.698. The molecule has 1 heterocycles. The van der Waals surface area contributed by atoms with Crippen LogP contribution in [0, 0.1) is 0 Å². The van der Waals surface area contributed by atoms with E-state index in [0.717, 1.165) is 10.0 Å². The molecule has 0 bridgehead atoms. The van der Waals surface area contributed by atoms with Gasteiger partial charge < -0.3 is 13.9 Å². The van der Waals surface area contributed by atoms with E-state index in [2.05, 4.69) is 26.1 Å². The summed E-state index contributed by atoms with van der Waals surface area (Å²) < 4.78 is 17.4. The predicted molar refractivity (Wildman–Crippen MR) is 86.0 cm³/mol. The van der Waals surface area contributed by atoms with Gasteiger partial charge in [0.1, 0.15) is 0 Å². The average Bonchev–Trinajstić information content (AvgIpc) is 3.03. The molecule has 2 aromatic carbocycles. The summed E-state index contributed by atoms with van der Waals surface area (Å²) in [6.45, 7) is 0. The number of rotatable bonds is 4. The van der Waals surface area contributed by atoms with Gasteiger partial charge in [-0.25, -0.2) is 0 Å². The van der Waals surface area contributed by atoms with Crippen molar-refractivity contribution in [1.82, 2.24) is 10.2 Å². The Morgan fingerprint density at radius 1 is 0.955 bits per heavy atom. The second-order valence-corrected chi connectivity index (χ2v) is 5.38. The first-order valence-electron chi connectivity index (χ1n) is 6.53. The van der Waals surface area contributed by atoms with E-state index in [0.29, 0.717) is 28.8 Å². The van der Waals surface area contributed by atoms with Gasteiger partial charge in [0.2, 0.25) is 5.89 Å². The SMILES string of the molecule is COc1cccc(-c2nnc(-c3cccc(Br)c3)o2)c1OC. The smallest absolute Gasteiger partial charge is 0.252 e. The molecule has 0 amide bonds. The third kappa shape index (κ3) is 2.69. The average molecular weight is 361 g/mol. The molecule has 22 heavy (non-hydrogen) atoms. The molecule has 0 saturated heterocycles. The van der Waals surface area contributed by atoms with Crippen LogP contribution in [0.2, 0.25) is 0 Å². The lowest BCUT2D eigenvalue weighted by molar-refractivity contribution is 0.355. The Kier molecular flexibility index (Phi) is 4.11. The molecule has 0 unspecified atom stereocenters. The highest BCUT2D eigenvalue weighted by molar-refractivity contribution is 9.10. The number of nitrogens with zero attached hydrogens (tertiary/aromatic N) is 2. The van der Waals surface area contributed by atoms with Crippen LogP contribution in [0.1, 0.15) is 0 Å². The van der Waals surface area contributed by atoms with Gasteiger partial charge in [-0.1, -0.05) is 28.1 Å². The zero-order valence-corrected chi connectivity index (χ0v) is 13.6. The highest BCUT2D eigenvalue weighted by atomic mass is 79.9. The maximum absolute atomic E-state index is 5.77. The molecule has 0 fully saturated rings. The Balaban J connectivity index is 2.05. The molecule has 6 heteroatoms. The molecule has 0 saturated carbocycles. The number of hydrogen-bond acceptors (Lipinski definition) is 5. The van der Waals surface area contributed by atoms with Crippen molar-refractivity contribution in [2.75, 3.05) is 14.2 Å². The molecule has 3 aromatic rings. The van der Waals surface area contributed by atoms with E-state index in [1.54, 1.807) is 14.2 Å². The van der Waals surface area contributed by atoms with Crippen LogP contribution in [0.25, 0.3) is 22.9 Å². The summed E-state index contributed by atoms with van der Waals surface area (Å²) in [6.07, 6.45) is 0. The van der Waals surface area contributed by atoms with E-state index in [9.17, 15) is 0 Å². The van der Waals surface area contributed by atoms with Crippen LogP contribution in [0.3, 0.4) is 0 Å². The van der Waals surface area contributed by atoms with E-state index < -0.39 is 0 Å². The molecule has 0 aliphatic heterocycles. The van der Waals surface area contributed by atoms with E-state index in [1.807, 2.05) is 42.5 Å². The maximum Gasteiger partial charge on any atom is 0.252 e. The number of halogens is 1. The molecule has 0 radical (unpaired) electrons. The minimum atomic E-state index is 0.380. The summed E-state index contributed by atoms with van der Waals surface area (Å²) in [5, 5.41) is 8.21. The van der Waals surface area contributed by atoms with Gasteiger partial charge >= 0.3 is 0 Å². The summed E-state index contributed by atoms with van der Waals surface area (Å²) >= 11 is 3.43. The van der Waals surface area contributed by atoms with Gasteiger partial charge in [0.05, 0.1) is 19.8 Å². The standard InChI is InChI=1S/C16H13BrN2O3/c1-20-13-8-4-7-12(14(13)21-2)16-19-18-15(22-16)10-5-3-6-11(17)9-10/h3-9H,1-2H3. The van der Waals surface area contributed by atoms with Gasteiger partial charge in [-0.3, -0.25) is 0 Å². The van der Waals surface area contributed by atoms with Crippen LogP contribution < -0.4 is 9.47 Å². The Morgan fingerprint density at radius 2 is 1.73 bits per heavy atom. The summed E-state index contributed by atoms with van der Waals surface area (Å²) in [5.41, 5.74) is 1.53. The number of ether oxygens (including phenoxy) is 2. The zero-order chi connectivity index (χ0) is 15.5. The van der Waals surface area contributed by atoms with Crippen molar-refractivity contribution in [3.63, 3.8) is 0 Å². The number of para-hydroxylation sites is 1. The van der Waals surface area contributed by atoms with Crippen molar-refractivity contribution in [1.29, 1.82) is 0 Å². The Hall–Kier alpha value is -2.34. The number of benzene rings is 2. The second-order valence-electron chi connectivity index (χ2n) is 4.46. The van der Waals surface area contributed by atoms with Crippen molar-refractivity contribution in [2.45, 2.75) is 0 Å². The van der Waals surface area contributed by atoms with Gasteiger partial charge in [-0.05, 0) is 30.3 Å². The summed E-state index contributed by atoms with van der Waals surface area (Å²) in [7, 11) is 3.16. The van der Waals surface area contributed by atoms with Gasteiger partial charge in [0.15, 0.2) is 11.5 Å². The minimum Gasteiger partial charge on any atom is -0.493 e. The lowest BCUT2D eigenvalue weighted by atomic mass is 10.2. The molecule has 1 aromatic heterocycles. The third-order valence-corrected chi connectivity index (χ3v) is 3.62. The molecule has 0 atom stereocenters. The molecular formula is C16H13BrN2O3. The molecule has 0 aliphatic carbocycles. The van der Waals surface area contributed by atoms with E-state index in [-0.39, 0.29) is 0 Å². The fourth-order valence-corrected chi connectivity index (χ4v) is 2.53. The van der Waals surface area contributed by atoms with Crippen LogP contribution in [0.15, 0.2) is 51.4 Å². The largest absolute Gasteiger partial charge is 0.493 e. The van der Waals surface area contributed by atoms with Gasteiger partial charge in [0, 0.05) is 10.0 Å². The Labute approximate surface area is 136 Å². The second kappa shape index (κ2) is 6.19.